The zero-order valence-corrected chi connectivity index (χ0v) is 13.6. The van der Waals surface area contributed by atoms with Crippen LogP contribution in [0.5, 0.6) is 0 Å². The number of alkyl halides is 3. The van der Waals surface area contributed by atoms with Crippen molar-refractivity contribution in [2.45, 2.75) is 25.9 Å². The molecule has 1 amide bonds. The molecule has 24 heavy (non-hydrogen) atoms. The predicted molar refractivity (Wildman–Crippen MR) is 77.7 cm³/mol. The Kier molecular flexibility index (Phi) is 5.03. The van der Waals surface area contributed by atoms with Crippen LogP contribution in [0.4, 0.5) is 13.2 Å². The van der Waals surface area contributed by atoms with Crippen LogP contribution in [0.2, 0.25) is 5.02 Å². The van der Waals surface area contributed by atoms with Gasteiger partial charge in [0.15, 0.2) is 5.69 Å². The van der Waals surface area contributed by atoms with E-state index in [0.717, 1.165) is 4.90 Å². The van der Waals surface area contributed by atoms with Crippen LogP contribution in [0.15, 0.2) is 6.20 Å². The third kappa shape index (κ3) is 3.61. The Morgan fingerprint density at radius 1 is 1.38 bits per heavy atom. The Labute approximate surface area is 140 Å². The molecule has 0 unspecified atom stereocenters. The number of halogens is 4. The van der Waals surface area contributed by atoms with Crippen molar-refractivity contribution in [2.24, 2.45) is 11.8 Å². The minimum atomic E-state index is -4.71. The van der Waals surface area contributed by atoms with Crippen LogP contribution in [0.25, 0.3) is 0 Å². The Bertz CT molecular complexity index is 666. The zero-order chi connectivity index (χ0) is 18.2. The molecule has 0 spiro atoms. The first-order valence-electron chi connectivity index (χ1n) is 7.13. The Morgan fingerprint density at radius 2 is 2.00 bits per heavy atom. The van der Waals surface area contributed by atoms with E-state index in [1.54, 1.807) is 13.8 Å². The maximum Gasteiger partial charge on any atom is 0.394 e. The van der Waals surface area contributed by atoms with E-state index < -0.39 is 43.0 Å². The summed E-state index contributed by atoms with van der Waals surface area (Å²) in [6.07, 6.45) is -3.50. The Hall–Kier alpha value is -1.90. The van der Waals surface area contributed by atoms with Crippen LogP contribution in [0.3, 0.4) is 0 Å². The summed E-state index contributed by atoms with van der Waals surface area (Å²) < 4.78 is 39.0. The van der Waals surface area contributed by atoms with Crippen molar-refractivity contribution >= 4 is 23.5 Å². The Balaban J connectivity index is 2.31. The molecule has 10 heteroatoms. The first-order chi connectivity index (χ1) is 11.0. The molecule has 0 radical (unpaired) electrons. The summed E-state index contributed by atoms with van der Waals surface area (Å²) in [7, 11) is 0. The lowest BCUT2D eigenvalue weighted by Crippen LogP contribution is -2.34. The maximum absolute atomic E-state index is 13.0. The largest absolute Gasteiger partial charge is 0.481 e. The van der Waals surface area contributed by atoms with E-state index in [-0.39, 0.29) is 16.6 Å². The second kappa shape index (κ2) is 6.54. The molecule has 0 aromatic carbocycles. The van der Waals surface area contributed by atoms with E-state index in [1.165, 1.54) is 6.20 Å². The molecule has 0 aliphatic carbocycles. The number of likely N-dealkylation sites (tertiary alicyclic amines) is 1. The van der Waals surface area contributed by atoms with Crippen molar-refractivity contribution < 1.29 is 27.9 Å². The number of rotatable bonds is 3. The molecule has 1 aromatic rings. The molecule has 0 saturated carbocycles. The molecule has 1 aliphatic rings. The van der Waals surface area contributed by atoms with E-state index in [9.17, 15) is 22.8 Å². The molecule has 1 saturated heterocycles. The third-order valence-corrected chi connectivity index (χ3v) is 4.10. The molecule has 132 valence electrons. The van der Waals surface area contributed by atoms with Crippen molar-refractivity contribution in [3.8, 4) is 0 Å². The molecule has 2 rings (SSSR count). The molecule has 2 heterocycles. The fourth-order valence-electron chi connectivity index (χ4n) is 2.51. The average Bonchev–Trinajstić information content (AvgIpc) is 2.92. The van der Waals surface area contributed by atoms with Gasteiger partial charge in [0.05, 0.1) is 23.1 Å². The molecule has 2 atom stereocenters. The lowest BCUT2D eigenvalue weighted by molar-refractivity contribution is -0.187. The molecule has 1 N–H and O–H groups in total. The maximum atomic E-state index is 13.0. The number of aliphatic carboxylic acids is 1. The van der Waals surface area contributed by atoms with Gasteiger partial charge in [-0.2, -0.15) is 13.2 Å². The predicted octanol–water partition coefficient (Wildman–Crippen LogP) is 2.59. The van der Waals surface area contributed by atoms with Gasteiger partial charge < -0.3 is 10.0 Å². The van der Waals surface area contributed by atoms with Crippen LogP contribution >= 0.6 is 11.6 Å². The summed E-state index contributed by atoms with van der Waals surface area (Å²) in [5.41, 5.74) is -0.220. The zero-order valence-electron chi connectivity index (χ0n) is 12.8. The van der Waals surface area contributed by atoms with Gasteiger partial charge in [0.25, 0.3) is 5.91 Å². The monoisotopic (exact) mass is 365 g/mol. The second-order valence-corrected chi connectivity index (χ2v) is 6.29. The smallest absolute Gasteiger partial charge is 0.394 e. The molecule has 6 nitrogen and oxygen atoms in total. The topological polar surface area (TPSA) is 83.4 Å². The van der Waals surface area contributed by atoms with Crippen molar-refractivity contribution in [2.75, 3.05) is 13.1 Å². The quantitative estimate of drug-likeness (QED) is 0.890. The van der Waals surface area contributed by atoms with E-state index in [4.69, 9.17) is 16.7 Å². The summed E-state index contributed by atoms with van der Waals surface area (Å²) in [6, 6.07) is 0. The van der Waals surface area contributed by atoms with Crippen molar-refractivity contribution in [1.29, 1.82) is 0 Å². The van der Waals surface area contributed by atoms with Crippen LogP contribution < -0.4 is 0 Å². The highest BCUT2D eigenvalue weighted by molar-refractivity contribution is 6.33. The third-order valence-electron chi connectivity index (χ3n) is 3.83. The van der Waals surface area contributed by atoms with Crippen LogP contribution in [-0.2, 0) is 4.79 Å². The molecule has 1 aliphatic heterocycles. The van der Waals surface area contributed by atoms with Crippen molar-refractivity contribution in [1.82, 2.24) is 14.9 Å². The van der Waals surface area contributed by atoms with Gasteiger partial charge >= 0.3 is 12.1 Å². The van der Waals surface area contributed by atoms with E-state index in [2.05, 4.69) is 9.97 Å². The van der Waals surface area contributed by atoms with E-state index in [1.807, 2.05) is 0 Å². The number of aromatic nitrogens is 2. The second-order valence-electron chi connectivity index (χ2n) is 5.88. The fourth-order valence-corrected chi connectivity index (χ4v) is 2.68. The van der Waals surface area contributed by atoms with Crippen molar-refractivity contribution in [3.63, 3.8) is 0 Å². The highest BCUT2D eigenvalue weighted by Gasteiger charge is 2.53. The van der Waals surface area contributed by atoms with Crippen LogP contribution in [0.1, 0.15) is 36.1 Å². The number of nitrogens with zero attached hydrogens (tertiary/aromatic N) is 3. The molecular weight excluding hydrogens is 351 g/mol. The van der Waals surface area contributed by atoms with E-state index >= 15 is 0 Å². The fraction of sp³-hybridized carbons (Fsp3) is 0.571. The molecule has 0 bridgehead atoms. The first-order valence-corrected chi connectivity index (χ1v) is 7.51. The van der Waals surface area contributed by atoms with Crippen molar-refractivity contribution in [3.05, 3.63) is 22.7 Å². The van der Waals surface area contributed by atoms with Gasteiger partial charge in [0.1, 0.15) is 5.82 Å². The molecule has 1 aromatic heterocycles. The van der Waals surface area contributed by atoms with Gasteiger partial charge in [-0.15, -0.1) is 0 Å². The summed E-state index contributed by atoms with van der Waals surface area (Å²) in [5, 5.41) is 8.91. The number of carbonyl (C=O) groups is 2. The van der Waals surface area contributed by atoms with Gasteiger partial charge in [-0.1, -0.05) is 25.4 Å². The van der Waals surface area contributed by atoms with Gasteiger partial charge in [0, 0.05) is 19.0 Å². The number of hydrogen-bond donors (Lipinski definition) is 1. The number of hydrogen-bond acceptors (Lipinski definition) is 4. The summed E-state index contributed by atoms with van der Waals surface area (Å²) >= 11 is 5.89. The Morgan fingerprint density at radius 3 is 2.46 bits per heavy atom. The number of carbonyl (C=O) groups excluding carboxylic acids is 1. The molecule has 1 fully saturated rings. The lowest BCUT2D eigenvalue weighted by atomic mass is 9.96. The van der Waals surface area contributed by atoms with Gasteiger partial charge in [-0.05, 0) is 0 Å². The van der Waals surface area contributed by atoms with Gasteiger partial charge in [-0.25, -0.2) is 9.97 Å². The summed E-state index contributed by atoms with van der Waals surface area (Å²) in [6.45, 7) is 2.29. The van der Waals surface area contributed by atoms with Crippen LogP contribution in [-0.4, -0.2) is 51.1 Å². The highest BCUT2D eigenvalue weighted by Crippen LogP contribution is 2.38. The number of amides is 1. The summed E-state index contributed by atoms with van der Waals surface area (Å²) in [5.74, 6) is -6.04. The minimum Gasteiger partial charge on any atom is -0.481 e. The standard InChI is InChI=1S/C14H15ClF3N3O3/c1-6(2)11-19-3-9(15)10(20-11)12(22)21-4-7(13(23)24)8(5-21)14(16,17)18/h3,6-8H,4-5H2,1-2H3,(H,23,24)/t7-,8-/m1/s1. The van der Waals surface area contributed by atoms with Gasteiger partial charge in [-0.3, -0.25) is 9.59 Å². The number of carboxylic acid groups (broad SMARTS) is 1. The SMILES string of the molecule is CC(C)c1ncc(Cl)c(C(=O)N2C[C@@H](C(F)(F)F)[C@H](C(=O)O)C2)n1. The normalized spacial score (nSPS) is 21.4. The average molecular weight is 366 g/mol. The number of carboxylic acids is 1. The lowest BCUT2D eigenvalue weighted by Gasteiger charge is -2.18. The molecular formula is C14H15ClF3N3O3. The van der Waals surface area contributed by atoms with Gasteiger partial charge in [0.2, 0.25) is 0 Å². The highest BCUT2D eigenvalue weighted by atomic mass is 35.5. The van der Waals surface area contributed by atoms with Crippen LogP contribution in [0, 0.1) is 11.8 Å². The first kappa shape index (κ1) is 18.4. The minimum absolute atomic E-state index is 0.0910. The summed E-state index contributed by atoms with van der Waals surface area (Å²) in [4.78, 5) is 32.4. The van der Waals surface area contributed by atoms with E-state index in [0.29, 0.717) is 5.82 Å².